The first-order chi connectivity index (χ1) is 17.7. The number of amides is 1. The molecule has 13 nitrogen and oxygen atoms in total. The smallest absolute Gasteiger partial charge is 0.328 e. The first-order valence-electron chi connectivity index (χ1n) is 11.7. The first-order valence-corrected chi connectivity index (χ1v) is 11.7. The Labute approximate surface area is 213 Å². The van der Waals surface area contributed by atoms with Gasteiger partial charge in [-0.3, -0.25) is 9.59 Å². The van der Waals surface area contributed by atoms with Gasteiger partial charge in [0, 0.05) is 24.7 Å². The maximum Gasteiger partial charge on any atom is 0.328 e. The van der Waals surface area contributed by atoms with Crippen molar-refractivity contribution in [3.05, 3.63) is 41.7 Å². The molecule has 3 rings (SSSR count). The predicted octanol–water partition coefficient (Wildman–Crippen LogP) is 1.23. The molecule has 0 aliphatic rings. The Morgan fingerprint density at radius 2 is 1.73 bits per heavy atom. The number of benzene rings is 1. The number of nitrogens with zero attached hydrogens (tertiary/aromatic N) is 5. The molecular weight excluding hydrogens is 480 g/mol. The minimum Gasteiger partial charge on any atom is -0.466 e. The number of nitrogens with one attached hydrogen (secondary N) is 1. The van der Waals surface area contributed by atoms with E-state index in [1.807, 2.05) is 11.9 Å². The van der Waals surface area contributed by atoms with Crippen LogP contribution in [0.5, 0.6) is 0 Å². The summed E-state index contributed by atoms with van der Waals surface area (Å²) in [5, 5.41) is 2.64. The molecule has 1 unspecified atom stereocenters. The highest BCUT2D eigenvalue weighted by Gasteiger charge is 2.24. The molecule has 196 valence electrons. The third-order valence-electron chi connectivity index (χ3n) is 5.29. The quantitative estimate of drug-likeness (QED) is 0.313. The zero-order valence-corrected chi connectivity index (χ0v) is 20.9. The summed E-state index contributed by atoms with van der Waals surface area (Å²) >= 11 is 0. The monoisotopic (exact) mass is 510 g/mol. The van der Waals surface area contributed by atoms with E-state index in [2.05, 4.69) is 25.3 Å². The summed E-state index contributed by atoms with van der Waals surface area (Å²) in [6, 6.07) is 5.82. The van der Waals surface area contributed by atoms with Crippen LogP contribution in [0, 0.1) is 0 Å². The topological polar surface area (TPSA) is 189 Å². The fourth-order valence-corrected chi connectivity index (χ4v) is 3.49. The zero-order valence-electron chi connectivity index (χ0n) is 20.9. The number of carbonyl (C=O) groups excluding carboxylic acids is 3. The average molecular weight is 511 g/mol. The zero-order chi connectivity index (χ0) is 26.9. The highest BCUT2D eigenvalue weighted by Crippen LogP contribution is 2.19. The number of rotatable bonds is 11. The van der Waals surface area contributed by atoms with E-state index in [-0.39, 0.29) is 37.8 Å². The molecule has 5 N–H and O–H groups in total. The lowest BCUT2D eigenvalue weighted by molar-refractivity contribution is -0.146. The molecule has 2 heterocycles. The van der Waals surface area contributed by atoms with Crippen LogP contribution in [0.4, 0.5) is 17.5 Å². The lowest BCUT2D eigenvalue weighted by Crippen LogP contribution is -2.42. The molecule has 13 heteroatoms. The summed E-state index contributed by atoms with van der Waals surface area (Å²) in [6.07, 6.45) is 1.63. The van der Waals surface area contributed by atoms with Crippen LogP contribution in [0.1, 0.15) is 42.7 Å². The summed E-state index contributed by atoms with van der Waals surface area (Å²) < 4.78 is 9.93. The van der Waals surface area contributed by atoms with Crippen LogP contribution in [0.2, 0.25) is 0 Å². The number of esters is 2. The van der Waals surface area contributed by atoms with E-state index in [0.717, 1.165) is 5.69 Å². The molecule has 1 aromatic carbocycles. The normalized spacial score (nSPS) is 11.5. The van der Waals surface area contributed by atoms with Gasteiger partial charge in [0.2, 0.25) is 5.95 Å². The van der Waals surface area contributed by atoms with Gasteiger partial charge in [-0.2, -0.15) is 9.97 Å². The average Bonchev–Trinajstić information content (AvgIpc) is 2.87. The van der Waals surface area contributed by atoms with E-state index < -0.39 is 23.9 Å². The van der Waals surface area contributed by atoms with E-state index in [1.54, 1.807) is 44.3 Å². The second-order valence-corrected chi connectivity index (χ2v) is 8.03. The molecule has 0 aliphatic carbocycles. The maximum atomic E-state index is 12.8. The van der Waals surface area contributed by atoms with Gasteiger partial charge in [0.1, 0.15) is 6.04 Å². The number of hydrogen-bond donors (Lipinski definition) is 3. The number of carbonyl (C=O) groups is 3. The van der Waals surface area contributed by atoms with Crippen molar-refractivity contribution in [1.82, 2.24) is 25.3 Å². The molecule has 0 fully saturated rings. The number of anilines is 3. The van der Waals surface area contributed by atoms with Crippen molar-refractivity contribution >= 4 is 46.5 Å². The molecular formula is C24H30N8O5. The van der Waals surface area contributed by atoms with Gasteiger partial charge in [0.05, 0.1) is 31.6 Å². The van der Waals surface area contributed by atoms with Crippen molar-refractivity contribution in [2.45, 2.75) is 39.3 Å². The molecule has 0 spiro atoms. The van der Waals surface area contributed by atoms with Gasteiger partial charge in [-0.15, -0.1) is 0 Å². The van der Waals surface area contributed by atoms with Crippen LogP contribution in [-0.4, -0.2) is 64.1 Å². The standard InChI is InChI=1S/C24H30N8O5/c1-4-36-18(33)11-10-17(23(35)37-5-2)29-22(34)14-6-8-16(9-7-14)32(3)13-15-12-27-21-19(28-15)20(25)30-24(26)31-21/h6-9,12,17H,4-5,10-11,13H2,1-3H3,(H,29,34)(H4,25,26,27,30,31). The van der Waals surface area contributed by atoms with Gasteiger partial charge in [-0.05, 0) is 44.5 Å². The Morgan fingerprint density at radius 1 is 1.03 bits per heavy atom. The summed E-state index contributed by atoms with van der Waals surface area (Å²) in [7, 11) is 1.86. The molecule has 3 aromatic rings. The number of nitrogens with two attached hydrogens (primary N) is 2. The highest BCUT2D eigenvalue weighted by molar-refractivity contribution is 5.97. The molecule has 0 aliphatic heterocycles. The Morgan fingerprint density at radius 3 is 2.41 bits per heavy atom. The summed E-state index contributed by atoms with van der Waals surface area (Å²) in [5.74, 6) is -1.35. The van der Waals surface area contributed by atoms with Crippen molar-refractivity contribution < 1.29 is 23.9 Å². The minimum atomic E-state index is -0.975. The van der Waals surface area contributed by atoms with Crippen LogP contribution in [0.3, 0.4) is 0 Å². The van der Waals surface area contributed by atoms with Gasteiger partial charge in [-0.1, -0.05) is 0 Å². The van der Waals surface area contributed by atoms with E-state index in [9.17, 15) is 14.4 Å². The van der Waals surface area contributed by atoms with Gasteiger partial charge in [-0.25, -0.2) is 14.8 Å². The largest absolute Gasteiger partial charge is 0.466 e. The fraction of sp³-hybridized carbons (Fsp3) is 0.375. The Kier molecular flexibility index (Phi) is 9.08. The van der Waals surface area contributed by atoms with Crippen molar-refractivity contribution in [2.24, 2.45) is 0 Å². The molecule has 37 heavy (non-hydrogen) atoms. The number of nitrogen functional groups attached to an aromatic ring is 2. The van der Waals surface area contributed by atoms with Crippen LogP contribution in [0.25, 0.3) is 11.2 Å². The Balaban J connectivity index is 1.66. The second kappa shape index (κ2) is 12.4. The number of aromatic nitrogens is 4. The van der Waals surface area contributed by atoms with Gasteiger partial charge in [0.25, 0.3) is 5.91 Å². The Hall–Kier alpha value is -4.55. The van der Waals surface area contributed by atoms with Crippen molar-refractivity contribution in [3.8, 4) is 0 Å². The minimum absolute atomic E-state index is 0.0237. The second-order valence-electron chi connectivity index (χ2n) is 8.03. The van der Waals surface area contributed by atoms with Gasteiger partial charge in [0.15, 0.2) is 17.0 Å². The SMILES string of the molecule is CCOC(=O)CCC(NC(=O)c1ccc(N(C)Cc2cnc3nc(N)nc(N)c3n2)cc1)C(=O)OCC. The number of fused-ring (bicyclic) bond motifs is 1. The Bertz CT molecular complexity index is 1270. The van der Waals surface area contributed by atoms with E-state index in [0.29, 0.717) is 29.0 Å². The predicted molar refractivity (Wildman–Crippen MR) is 136 cm³/mol. The van der Waals surface area contributed by atoms with Crippen molar-refractivity contribution in [1.29, 1.82) is 0 Å². The molecule has 1 atom stereocenters. The third kappa shape index (κ3) is 7.22. The van der Waals surface area contributed by atoms with Crippen LogP contribution in [-0.2, 0) is 25.6 Å². The van der Waals surface area contributed by atoms with Crippen LogP contribution in [0.15, 0.2) is 30.5 Å². The number of ether oxygens (including phenoxy) is 2. The molecule has 2 aromatic heterocycles. The molecule has 0 saturated heterocycles. The van der Waals surface area contributed by atoms with Crippen molar-refractivity contribution in [2.75, 3.05) is 36.6 Å². The highest BCUT2D eigenvalue weighted by atomic mass is 16.5. The third-order valence-corrected chi connectivity index (χ3v) is 5.29. The maximum absolute atomic E-state index is 12.8. The van der Waals surface area contributed by atoms with Crippen LogP contribution >= 0.6 is 0 Å². The van der Waals surface area contributed by atoms with E-state index in [1.165, 1.54) is 0 Å². The summed E-state index contributed by atoms with van der Waals surface area (Å²) in [6.45, 7) is 4.15. The molecule has 0 radical (unpaired) electrons. The van der Waals surface area contributed by atoms with E-state index >= 15 is 0 Å². The van der Waals surface area contributed by atoms with E-state index in [4.69, 9.17) is 20.9 Å². The summed E-state index contributed by atoms with van der Waals surface area (Å²) in [5.41, 5.74) is 14.0. The summed E-state index contributed by atoms with van der Waals surface area (Å²) in [4.78, 5) is 55.4. The molecule has 0 bridgehead atoms. The molecule has 0 saturated carbocycles. The van der Waals surface area contributed by atoms with Gasteiger partial charge >= 0.3 is 11.9 Å². The van der Waals surface area contributed by atoms with Gasteiger partial charge < -0.3 is 31.2 Å². The fourth-order valence-electron chi connectivity index (χ4n) is 3.49. The van der Waals surface area contributed by atoms with Crippen LogP contribution < -0.4 is 21.7 Å². The van der Waals surface area contributed by atoms with Crippen molar-refractivity contribution in [3.63, 3.8) is 0 Å². The lowest BCUT2D eigenvalue weighted by atomic mass is 10.1. The molecule has 1 amide bonds. The lowest BCUT2D eigenvalue weighted by Gasteiger charge is -2.20. The first kappa shape index (κ1) is 27.0. The number of hydrogen-bond acceptors (Lipinski definition) is 12.